The maximum atomic E-state index is 5.38. The zero-order chi connectivity index (χ0) is 12.5. The number of thiophene rings is 1. The van der Waals surface area contributed by atoms with E-state index in [0.717, 1.165) is 12.6 Å². The second-order valence-electron chi connectivity index (χ2n) is 5.04. The second kappa shape index (κ2) is 5.00. The van der Waals surface area contributed by atoms with Crippen LogP contribution in [0.15, 0.2) is 18.2 Å². The van der Waals surface area contributed by atoms with Crippen LogP contribution in [0.25, 0.3) is 10.1 Å². The lowest BCUT2D eigenvalue weighted by molar-refractivity contribution is 0.185. The Labute approximate surface area is 112 Å². The summed E-state index contributed by atoms with van der Waals surface area (Å²) in [6.45, 7) is 3.89. The van der Waals surface area contributed by atoms with Gasteiger partial charge in [0.15, 0.2) is 0 Å². The average Bonchev–Trinajstić information content (AvgIpc) is 3.12. The quantitative estimate of drug-likeness (QED) is 0.888. The predicted molar refractivity (Wildman–Crippen MR) is 77.1 cm³/mol. The summed E-state index contributed by atoms with van der Waals surface area (Å²) in [6.07, 6.45) is 2.67. The van der Waals surface area contributed by atoms with Gasteiger partial charge >= 0.3 is 0 Å². The predicted octanol–water partition coefficient (Wildman–Crippen LogP) is 3.61. The molecule has 0 aliphatic heterocycles. The highest BCUT2D eigenvalue weighted by atomic mass is 32.1. The fraction of sp³-hybridized carbons (Fsp3) is 0.467. The third-order valence-electron chi connectivity index (χ3n) is 3.52. The van der Waals surface area contributed by atoms with Crippen LogP contribution in [0.3, 0.4) is 0 Å². The normalized spacial score (nSPS) is 15.4. The van der Waals surface area contributed by atoms with Crippen LogP contribution < -0.4 is 5.32 Å². The van der Waals surface area contributed by atoms with Gasteiger partial charge in [-0.25, -0.2) is 0 Å². The molecule has 1 aliphatic carbocycles. The van der Waals surface area contributed by atoms with Crippen LogP contribution in [0.2, 0.25) is 0 Å². The molecule has 1 saturated carbocycles. The van der Waals surface area contributed by atoms with Crippen LogP contribution in [-0.2, 0) is 17.9 Å². The Hall–Kier alpha value is -0.900. The van der Waals surface area contributed by atoms with Crippen LogP contribution in [-0.4, -0.2) is 13.2 Å². The Morgan fingerprint density at radius 3 is 2.94 bits per heavy atom. The molecule has 1 fully saturated rings. The number of rotatable bonds is 5. The van der Waals surface area contributed by atoms with Crippen molar-refractivity contribution in [3.05, 3.63) is 34.2 Å². The Morgan fingerprint density at radius 1 is 1.39 bits per heavy atom. The highest BCUT2D eigenvalue weighted by Crippen LogP contribution is 2.34. The van der Waals surface area contributed by atoms with Gasteiger partial charge in [-0.05, 0) is 30.7 Å². The molecule has 2 nitrogen and oxygen atoms in total. The van der Waals surface area contributed by atoms with Crippen LogP contribution in [0.5, 0.6) is 0 Å². The average molecular weight is 261 g/mol. The molecule has 1 aliphatic rings. The zero-order valence-corrected chi connectivity index (χ0v) is 11.8. The molecule has 0 amide bonds. The number of hydrogen-bond donors (Lipinski definition) is 1. The first kappa shape index (κ1) is 12.2. The highest BCUT2D eigenvalue weighted by Gasteiger charge is 2.21. The van der Waals surface area contributed by atoms with E-state index in [4.69, 9.17) is 4.74 Å². The van der Waals surface area contributed by atoms with Gasteiger partial charge in [-0.3, -0.25) is 0 Å². The largest absolute Gasteiger partial charge is 0.380 e. The van der Waals surface area contributed by atoms with Crippen LogP contribution in [0.1, 0.15) is 28.8 Å². The van der Waals surface area contributed by atoms with Gasteiger partial charge in [-0.2, -0.15) is 0 Å². The van der Waals surface area contributed by atoms with Crippen molar-refractivity contribution in [2.24, 2.45) is 0 Å². The van der Waals surface area contributed by atoms with Gasteiger partial charge in [-0.15, -0.1) is 11.3 Å². The molecule has 0 bridgehead atoms. The summed E-state index contributed by atoms with van der Waals surface area (Å²) < 4.78 is 6.79. The fourth-order valence-corrected chi connectivity index (χ4v) is 3.55. The van der Waals surface area contributed by atoms with Crippen LogP contribution in [0, 0.1) is 6.92 Å². The molecule has 96 valence electrons. The van der Waals surface area contributed by atoms with E-state index in [-0.39, 0.29) is 0 Å². The van der Waals surface area contributed by atoms with Gasteiger partial charge in [0.05, 0.1) is 6.61 Å². The molecule has 0 saturated heterocycles. The first-order chi connectivity index (χ1) is 8.79. The molecule has 3 rings (SSSR count). The number of nitrogens with one attached hydrogen (secondary N) is 1. The van der Waals surface area contributed by atoms with Crippen molar-refractivity contribution in [1.29, 1.82) is 0 Å². The van der Waals surface area contributed by atoms with E-state index >= 15 is 0 Å². The van der Waals surface area contributed by atoms with Crippen molar-refractivity contribution in [1.82, 2.24) is 5.32 Å². The molecule has 1 heterocycles. The molecule has 0 spiro atoms. The number of ether oxygens (including phenoxy) is 1. The van der Waals surface area contributed by atoms with Gasteiger partial charge in [-0.1, -0.05) is 18.2 Å². The van der Waals surface area contributed by atoms with E-state index < -0.39 is 0 Å². The van der Waals surface area contributed by atoms with Crippen molar-refractivity contribution >= 4 is 21.4 Å². The molecule has 1 N–H and O–H groups in total. The molecular formula is C15H19NOS. The molecule has 18 heavy (non-hydrogen) atoms. The Kier molecular flexibility index (Phi) is 3.37. The standard InChI is InChI=1S/C15H19NOS/c1-10-4-3-5-12-13(9-17-2)14(18-15(10)12)8-16-11-6-7-11/h3-5,11,16H,6-9H2,1-2H3. The van der Waals surface area contributed by atoms with Crippen molar-refractivity contribution < 1.29 is 4.74 Å². The number of aryl methyl sites for hydroxylation is 1. The molecule has 0 unspecified atom stereocenters. The molecule has 1 aromatic heterocycles. The molecule has 2 aromatic rings. The summed E-state index contributed by atoms with van der Waals surface area (Å²) in [6, 6.07) is 7.30. The number of hydrogen-bond acceptors (Lipinski definition) is 3. The summed E-state index contributed by atoms with van der Waals surface area (Å²) >= 11 is 1.92. The topological polar surface area (TPSA) is 21.3 Å². The van der Waals surface area contributed by atoms with Crippen molar-refractivity contribution in [3.63, 3.8) is 0 Å². The minimum Gasteiger partial charge on any atom is -0.380 e. The van der Waals surface area contributed by atoms with Crippen LogP contribution in [0.4, 0.5) is 0 Å². The van der Waals surface area contributed by atoms with Crippen molar-refractivity contribution in [3.8, 4) is 0 Å². The zero-order valence-electron chi connectivity index (χ0n) is 11.0. The summed E-state index contributed by atoms with van der Waals surface area (Å²) in [4.78, 5) is 1.44. The Balaban J connectivity index is 1.98. The number of fused-ring (bicyclic) bond motifs is 1. The van der Waals surface area contributed by atoms with Gasteiger partial charge < -0.3 is 10.1 Å². The Morgan fingerprint density at radius 2 is 2.22 bits per heavy atom. The smallest absolute Gasteiger partial charge is 0.0730 e. The van der Waals surface area contributed by atoms with Crippen LogP contribution >= 0.6 is 11.3 Å². The van der Waals surface area contributed by atoms with Crippen molar-refractivity contribution in [2.75, 3.05) is 7.11 Å². The lowest BCUT2D eigenvalue weighted by atomic mass is 10.1. The maximum absolute atomic E-state index is 5.38. The van der Waals surface area contributed by atoms with Gasteiger partial charge in [0.2, 0.25) is 0 Å². The van der Waals surface area contributed by atoms with E-state index in [2.05, 4.69) is 30.4 Å². The highest BCUT2D eigenvalue weighted by molar-refractivity contribution is 7.19. The number of methoxy groups -OCH3 is 1. The summed E-state index contributed by atoms with van der Waals surface area (Å²) in [5.41, 5.74) is 2.74. The SMILES string of the molecule is COCc1c(CNC2CC2)sc2c(C)cccc12. The summed E-state index contributed by atoms with van der Waals surface area (Å²) in [7, 11) is 1.78. The summed E-state index contributed by atoms with van der Waals surface area (Å²) in [5, 5.41) is 4.98. The number of benzene rings is 1. The first-order valence-corrected chi connectivity index (χ1v) is 7.33. The lowest BCUT2D eigenvalue weighted by Crippen LogP contribution is -2.15. The minimum atomic E-state index is 0.713. The maximum Gasteiger partial charge on any atom is 0.0730 e. The van der Waals surface area contributed by atoms with E-state index in [0.29, 0.717) is 6.61 Å². The van der Waals surface area contributed by atoms with Gasteiger partial charge in [0, 0.05) is 34.8 Å². The summed E-state index contributed by atoms with van der Waals surface area (Å²) in [5.74, 6) is 0. The van der Waals surface area contributed by atoms with E-state index in [1.54, 1.807) is 7.11 Å². The third-order valence-corrected chi connectivity index (χ3v) is 4.90. The molecule has 3 heteroatoms. The minimum absolute atomic E-state index is 0.713. The van der Waals surface area contributed by atoms with Gasteiger partial charge in [0.1, 0.15) is 0 Å². The molecular weight excluding hydrogens is 242 g/mol. The molecule has 1 aromatic carbocycles. The third kappa shape index (κ3) is 2.30. The first-order valence-electron chi connectivity index (χ1n) is 6.52. The van der Waals surface area contributed by atoms with E-state index in [1.165, 1.54) is 38.9 Å². The second-order valence-corrected chi connectivity index (χ2v) is 6.15. The fourth-order valence-electron chi connectivity index (χ4n) is 2.33. The molecule has 0 atom stereocenters. The van der Waals surface area contributed by atoms with E-state index in [9.17, 15) is 0 Å². The Bertz CT molecular complexity index is 557. The van der Waals surface area contributed by atoms with Crippen molar-refractivity contribution in [2.45, 2.75) is 39.0 Å². The van der Waals surface area contributed by atoms with E-state index in [1.807, 2.05) is 11.3 Å². The monoisotopic (exact) mass is 261 g/mol. The van der Waals surface area contributed by atoms with Gasteiger partial charge in [0.25, 0.3) is 0 Å². The lowest BCUT2D eigenvalue weighted by Gasteiger charge is -2.04. The molecule has 0 radical (unpaired) electrons.